The van der Waals surface area contributed by atoms with Gasteiger partial charge in [0.25, 0.3) is 10.2 Å². The van der Waals surface area contributed by atoms with Gasteiger partial charge in [-0.3, -0.25) is 4.79 Å². The lowest BCUT2D eigenvalue weighted by molar-refractivity contribution is -0.128. The average Bonchev–Trinajstić information content (AvgIpc) is 2.27. The molecule has 0 saturated carbocycles. The number of rotatable bonds is 3. The van der Waals surface area contributed by atoms with Crippen LogP contribution in [0, 0.1) is 0 Å². The van der Waals surface area contributed by atoms with E-state index in [1.807, 2.05) is 13.0 Å². The van der Waals surface area contributed by atoms with Gasteiger partial charge in [0, 0.05) is 31.8 Å². The summed E-state index contributed by atoms with van der Waals surface area (Å²) >= 11 is 0. The molecule has 0 unspecified atom stereocenters. The van der Waals surface area contributed by atoms with Crippen LogP contribution >= 0.6 is 0 Å². The predicted molar refractivity (Wildman–Crippen MR) is 65.3 cm³/mol. The highest BCUT2D eigenvalue weighted by atomic mass is 32.2. The van der Waals surface area contributed by atoms with Crippen molar-refractivity contribution in [1.29, 1.82) is 0 Å². The van der Waals surface area contributed by atoms with E-state index in [9.17, 15) is 13.2 Å². The van der Waals surface area contributed by atoms with Crippen LogP contribution < -0.4 is 5.14 Å². The van der Waals surface area contributed by atoms with Gasteiger partial charge < -0.3 is 4.90 Å². The molecule has 0 aromatic heterocycles. The largest absolute Gasteiger partial charge is 0.336 e. The fourth-order valence-corrected chi connectivity index (χ4v) is 2.46. The molecule has 98 valence electrons. The number of piperazine rings is 1. The van der Waals surface area contributed by atoms with E-state index in [4.69, 9.17) is 5.14 Å². The molecule has 0 aliphatic carbocycles. The summed E-state index contributed by atoms with van der Waals surface area (Å²) in [4.78, 5) is 13.6. The van der Waals surface area contributed by atoms with Crippen molar-refractivity contribution in [3.63, 3.8) is 0 Å². The lowest BCUT2D eigenvalue weighted by Gasteiger charge is -2.33. The molecule has 2 N–H and O–H groups in total. The SMILES string of the molecule is CC/C=C(/C)C(=O)N1CCN(S(N)(=O)=O)CC1. The van der Waals surface area contributed by atoms with Gasteiger partial charge in [-0.05, 0) is 13.3 Å². The van der Waals surface area contributed by atoms with Crippen LogP contribution in [0.5, 0.6) is 0 Å². The van der Waals surface area contributed by atoms with Crippen molar-refractivity contribution in [1.82, 2.24) is 9.21 Å². The monoisotopic (exact) mass is 261 g/mol. The standard InChI is InChI=1S/C10H19N3O3S/c1-3-4-9(2)10(14)12-5-7-13(8-6-12)17(11,15)16/h4H,3,5-8H2,1-2H3,(H2,11,15,16)/b9-4-. The molecule has 6 nitrogen and oxygen atoms in total. The van der Waals surface area contributed by atoms with Crippen LogP contribution in [0.4, 0.5) is 0 Å². The van der Waals surface area contributed by atoms with Gasteiger partial charge in [-0.25, -0.2) is 5.14 Å². The number of hydrogen-bond acceptors (Lipinski definition) is 3. The second-order valence-corrected chi connectivity index (χ2v) is 5.58. The highest BCUT2D eigenvalue weighted by Gasteiger charge is 2.26. The fourth-order valence-electron chi connectivity index (χ4n) is 1.79. The summed E-state index contributed by atoms with van der Waals surface area (Å²) in [6, 6.07) is 0. The van der Waals surface area contributed by atoms with Crippen LogP contribution in [0.3, 0.4) is 0 Å². The molecule has 17 heavy (non-hydrogen) atoms. The van der Waals surface area contributed by atoms with E-state index in [2.05, 4.69) is 0 Å². The maximum Gasteiger partial charge on any atom is 0.277 e. The molecule has 0 radical (unpaired) electrons. The Hall–Kier alpha value is -0.920. The molecule has 1 amide bonds. The number of nitrogens with two attached hydrogens (primary N) is 1. The molecule has 0 aromatic carbocycles. The first-order valence-electron chi connectivity index (χ1n) is 5.60. The molecule has 0 bridgehead atoms. The number of carbonyl (C=O) groups excluding carboxylic acids is 1. The maximum absolute atomic E-state index is 11.9. The number of amides is 1. The summed E-state index contributed by atoms with van der Waals surface area (Å²) in [6.07, 6.45) is 2.68. The summed E-state index contributed by atoms with van der Waals surface area (Å²) in [5.41, 5.74) is 0.705. The van der Waals surface area contributed by atoms with Gasteiger partial charge in [0.1, 0.15) is 0 Å². The second kappa shape index (κ2) is 5.61. The van der Waals surface area contributed by atoms with Gasteiger partial charge >= 0.3 is 0 Å². The molecule has 1 aliphatic heterocycles. The molecule has 0 aromatic rings. The second-order valence-electron chi connectivity index (χ2n) is 4.03. The van der Waals surface area contributed by atoms with E-state index in [0.29, 0.717) is 18.7 Å². The average molecular weight is 261 g/mol. The van der Waals surface area contributed by atoms with Crippen LogP contribution in [-0.2, 0) is 15.0 Å². The van der Waals surface area contributed by atoms with E-state index in [1.54, 1.807) is 11.8 Å². The van der Waals surface area contributed by atoms with Crippen molar-refractivity contribution >= 4 is 16.1 Å². The summed E-state index contributed by atoms with van der Waals surface area (Å²) in [5.74, 6) is -0.0269. The first-order chi connectivity index (χ1) is 7.86. The summed E-state index contributed by atoms with van der Waals surface area (Å²) in [7, 11) is -3.62. The normalized spacial score (nSPS) is 19.5. The van der Waals surface area contributed by atoms with Crippen LogP contribution in [0.15, 0.2) is 11.6 Å². The van der Waals surface area contributed by atoms with Crippen molar-refractivity contribution < 1.29 is 13.2 Å². The summed E-state index contributed by atoms with van der Waals surface area (Å²) < 4.78 is 23.4. The Morgan fingerprint density at radius 2 is 1.82 bits per heavy atom. The minimum absolute atomic E-state index is 0.0269. The molecule has 1 aliphatic rings. The lowest BCUT2D eigenvalue weighted by Crippen LogP contribution is -2.52. The van der Waals surface area contributed by atoms with E-state index >= 15 is 0 Å². The number of carbonyl (C=O) groups is 1. The highest BCUT2D eigenvalue weighted by molar-refractivity contribution is 7.86. The van der Waals surface area contributed by atoms with Crippen molar-refractivity contribution in [2.45, 2.75) is 20.3 Å². The van der Waals surface area contributed by atoms with Crippen molar-refractivity contribution in [3.05, 3.63) is 11.6 Å². The first kappa shape index (κ1) is 14.1. The van der Waals surface area contributed by atoms with Crippen molar-refractivity contribution in [2.24, 2.45) is 5.14 Å². The molecule has 1 saturated heterocycles. The minimum Gasteiger partial charge on any atom is -0.336 e. The van der Waals surface area contributed by atoms with E-state index in [0.717, 1.165) is 6.42 Å². The summed E-state index contributed by atoms with van der Waals surface area (Å²) in [6.45, 7) is 5.07. The Morgan fingerprint density at radius 3 is 2.24 bits per heavy atom. The minimum atomic E-state index is -3.62. The zero-order valence-corrected chi connectivity index (χ0v) is 11.0. The summed E-state index contributed by atoms with van der Waals surface area (Å²) in [5, 5.41) is 5.02. The third kappa shape index (κ3) is 3.79. The fraction of sp³-hybridized carbons (Fsp3) is 0.700. The Labute approximate surface area is 102 Å². The Balaban J connectivity index is 2.59. The topological polar surface area (TPSA) is 83.7 Å². The molecular formula is C10H19N3O3S. The third-order valence-corrected chi connectivity index (χ3v) is 3.82. The molecule has 0 spiro atoms. The molecule has 1 heterocycles. The van der Waals surface area contributed by atoms with Gasteiger partial charge in [0.2, 0.25) is 5.91 Å². The Kier molecular flexibility index (Phi) is 4.67. The molecule has 0 atom stereocenters. The quantitative estimate of drug-likeness (QED) is 0.707. The van der Waals surface area contributed by atoms with Crippen molar-refractivity contribution in [3.8, 4) is 0 Å². The zero-order chi connectivity index (χ0) is 13.1. The highest BCUT2D eigenvalue weighted by Crippen LogP contribution is 2.08. The van der Waals surface area contributed by atoms with E-state index in [1.165, 1.54) is 4.31 Å². The van der Waals surface area contributed by atoms with Gasteiger partial charge in [-0.15, -0.1) is 0 Å². The first-order valence-corrected chi connectivity index (χ1v) is 7.10. The Morgan fingerprint density at radius 1 is 1.29 bits per heavy atom. The number of allylic oxidation sites excluding steroid dienone is 1. The lowest BCUT2D eigenvalue weighted by atomic mass is 10.2. The van der Waals surface area contributed by atoms with E-state index in [-0.39, 0.29) is 19.0 Å². The van der Waals surface area contributed by atoms with Crippen molar-refractivity contribution in [2.75, 3.05) is 26.2 Å². The number of nitrogens with zero attached hydrogens (tertiary/aromatic N) is 2. The van der Waals surface area contributed by atoms with Gasteiger partial charge in [0.05, 0.1) is 0 Å². The molecule has 1 fully saturated rings. The molecular weight excluding hydrogens is 242 g/mol. The van der Waals surface area contributed by atoms with Crippen LogP contribution in [0.25, 0.3) is 0 Å². The number of hydrogen-bond donors (Lipinski definition) is 1. The molecule has 1 rings (SSSR count). The van der Waals surface area contributed by atoms with Crippen LogP contribution in [0.2, 0.25) is 0 Å². The maximum atomic E-state index is 11.9. The third-order valence-electron chi connectivity index (χ3n) is 2.73. The Bertz CT molecular complexity index is 409. The smallest absolute Gasteiger partial charge is 0.277 e. The predicted octanol–water partition coefficient (Wildman–Crippen LogP) is -0.310. The van der Waals surface area contributed by atoms with Gasteiger partial charge in [-0.1, -0.05) is 13.0 Å². The van der Waals surface area contributed by atoms with E-state index < -0.39 is 10.2 Å². The van der Waals surface area contributed by atoms with Crippen LogP contribution in [-0.4, -0.2) is 49.7 Å². The van der Waals surface area contributed by atoms with Gasteiger partial charge in [-0.2, -0.15) is 12.7 Å². The van der Waals surface area contributed by atoms with Crippen LogP contribution in [0.1, 0.15) is 20.3 Å². The molecule has 7 heteroatoms. The zero-order valence-electron chi connectivity index (χ0n) is 10.2. The van der Waals surface area contributed by atoms with Gasteiger partial charge in [0.15, 0.2) is 0 Å².